The molecule has 7 heteroatoms. The first-order valence-corrected chi connectivity index (χ1v) is 7.61. The Morgan fingerprint density at radius 3 is 2.81 bits per heavy atom. The van der Waals surface area contributed by atoms with Crippen LogP contribution in [-0.4, -0.2) is 59.2 Å². The fourth-order valence-corrected chi connectivity index (χ4v) is 4.11. The predicted octanol–water partition coefficient (Wildman–Crippen LogP) is 0.483. The highest BCUT2D eigenvalue weighted by Gasteiger charge is 2.65. The molecule has 4 aliphatic heterocycles. The lowest BCUT2D eigenvalue weighted by Gasteiger charge is -2.40. The van der Waals surface area contributed by atoms with Crippen molar-refractivity contribution >= 4 is 17.9 Å². The molecule has 4 fully saturated rings. The third-order valence-electron chi connectivity index (χ3n) is 5.08. The predicted molar refractivity (Wildman–Crippen MR) is 69.0 cm³/mol. The minimum atomic E-state index is -0.821. The van der Waals surface area contributed by atoms with E-state index in [4.69, 9.17) is 9.47 Å². The van der Waals surface area contributed by atoms with Gasteiger partial charge in [0.2, 0.25) is 5.91 Å². The van der Waals surface area contributed by atoms with Gasteiger partial charge in [0, 0.05) is 6.54 Å². The third kappa shape index (κ3) is 1.67. The van der Waals surface area contributed by atoms with Crippen molar-refractivity contribution in [2.75, 3.05) is 19.7 Å². The van der Waals surface area contributed by atoms with Gasteiger partial charge in [0.25, 0.3) is 5.91 Å². The number of nitrogens with zero attached hydrogens (tertiary/aromatic N) is 2. The van der Waals surface area contributed by atoms with Crippen molar-refractivity contribution in [3.05, 3.63) is 0 Å². The summed E-state index contributed by atoms with van der Waals surface area (Å²) in [5, 5.41) is 0. The number of carbonyl (C=O) groups excluding carboxylic acids is 3. The molecule has 0 aromatic rings. The van der Waals surface area contributed by atoms with E-state index in [1.54, 1.807) is 4.90 Å². The lowest BCUT2D eigenvalue weighted by molar-refractivity contribution is -0.154. The van der Waals surface area contributed by atoms with Gasteiger partial charge in [-0.1, -0.05) is 6.42 Å². The smallest absolute Gasteiger partial charge is 0.416 e. The second kappa shape index (κ2) is 4.43. The molecule has 21 heavy (non-hydrogen) atoms. The normalized spacial score (nSPS) is 38.5. The number of carbonyl (C=O) groups is 3. The molecule has 3 amide bonds. The van der Waals surface area contributed by atoms with Crippen LogP contribution in [0.2, 0.25) is 0 Å². The second-order valence-electron chi connectivity index (χ2n) is 6.14. The van der Waals surface area contributed by atoms with Crippen LogP contribution in [0.1, 0.15) is 32.1 Å². The highest BCUT2D eigenvalue weighted by Crippen LogP contribution is 2.50. The van der Waals surface area contributed by atoms with Crippen LogP contribution in [0.15, 0.2) is 0 Å². The fourth-order valence-electron chi connectivity index (χ4n) is 4.11. The summed E-state index contributed by atoms with van der Waals surface area (Å²) in [5.41, 5.74) is -0.821. The third-order valence-corrected chi connectivity index (χ3v) is 5.08. The molecule has 4 heterocycles. The monoisotopic (exact) mass is 294 g/mol. The maximum Gasteiger partial charge on any atom is 0.416 e. The Hall–Kier alpha value is -1.63. The standard InChI is InChI=1S/C14H18N2O5/c17-11(15-6-7-20-13(15)19)9-8-10-12(18)16-5-3-1-2-4-14(9,16)21-10/h9-10H,1-8H2/t9-,10+,14-/m0/s1. The highest BCUT2D eigenvalue weighted by molar-refractivity contribution is 5.97. The first kappa shape index (κ1) is 13.1. The average molecular weight is 294 g/mol. The van der Waals surface area contributed by atoms with Gasteiger partial charge < -0.3 is 14.4 Å². The van der Waals surface area contributed by atoms with Gasteiger partial charge in [-0.05, 0) is 25.7 Å². The number of amides is 3. The van der Waals surface area contributed by atoms with Gasteiger partial charge in [-0.25, -0.2) is 9.69 Å². The number of hydrogen-bond donors (Lipinski definition) is 0. The summed E-state index contributed by atoms with van der Waals surface area (Å²) < 4.78 is 10.8. The first-order valence-electron chi connectivity index (χ1n) is 7.61. The summed E-state index contributed by atoms with van der Waals surface area (Å²) in [7, 11) is 0. The summed E-state index contributed by atoms with van der Waals surface area (Å²) in [4.78, 5) is 39.6. The number of ether oxygens (including phenoxy) is 2. The number of imide groups is 1. The number of rotatable bonds is 1. The maximum absolute atomic E-state index is 12.7. The van der Waals surface area contributed by atoms with E-state index in [1.807, 2.05) is 0 Å². The zero-order chi connectivity index (χ0) is 14.6. The van der Waals surface area contributed by atoms with Gasteiger partial charge in [0.15, 0.2) is 5.72 Å². The van der Waals surface area contributed by atoms with E-state index in [0.717, 1.165) is 24.2 Å². The topological polar surface area (TPSA) is 76.2 Å². The molecule has 0 N–H and O–H groups in total. The van der Waals surface area contributed by atoms with Crippen molar-refractivity contribution in [3.63, 3.8) is 0 Å². The van der Waals surface area contributed by atoms with E-state index < -0.39 is 23.8 Å². The number of piperidine rings is 1. The van der Waals surface area contributed by atoms with Crippen molar-refractivity contribution < 1.29 is 23.9 Å². The molecule has 0 unspecified atom stereocenters. The number of hydrogen-bond acceptors (Lipinski definition) is 5. The Balaban J connectivity index is 1.66. The Labute approximate surface area is 122 Å². The van der Waals surface area contributed by atoms with Crippen molar-refractivity contribution in [1.29, 1.82) is 0 Å². The second-order valence-corrected chi connectivity index (χ2v) is 6.14. The summed E-state index contributed by atoms with van der Waals surface area (Å²) in [6.45, 7) is 1.18. The lowest BCUT2D eigenvalue weighted by atomic mass is 9.84. The van der Waals surface area contributed by atoms with E-state index in [-0.39, 0.29) is 18.4 Å². The summed E-state index contributed by atoms with van der Waals surface area (Å²) >= 11 is 0. The molecule has 0 aliphatic carbocycles. The molecule has 0 aromatic carbocycles. The minimum absolute atomic E-state index is 0.00458. The fraction of sp³-hybridized carbons (Fsp3) is 0.786. The summed E-state index contributed by atoms with van der Waals surface area (Å²) in [6, 6.07) is 0. The molecule has 4 saturated heterocycles. The Morgan fingerprint density at radius 2 is 2.05 bits per heavy atom. The quantitative estimate of drug-likeness (QED) is 0.703. The van der Waals surface area contributed by atoms with Gasteiger partial charge in [-0.2, -0.15) is 0 Å². The molecule has 0 radical (unpaired) electrons. The van der Waals surface area contributed by atoms with E-state index in [2.05, 4.69) is 0 Å². The van der Waals surface area contributed by atoms with E-state index in [1.165, 1.54) is 0 Å². The Bertz CT molecular complexity index is 521. The van der Waals surface area contributed by atoms with Crippen LogP contribution < -0.4 is 0 Å². The molecule has 4 aliphatic rings. The van der Waals surface area contributed by atoms with E-state index >= 15 is 0 Å². The maximum atomic E-state index is 12.7. The highest BCUT2D eigenvalue weighted by atomic mass is 16.6. The number of cyclic esters (lactones) is 1. The van der Waals surface area contributed by atoms with E-state index in [0.29, 0.717) is 25.9 Å². The van der Waals surface area contributed by atoms with Crippen LogP contribution in [0.3, 0.4) is 0 Å². The Kier molecular flexibility index (Phi) is 2.76. The Morgan fingerprint density at radius 1 is 1.19 bits per heavy atom. The van der Waals surface area contributed by atoms with Crippen LogP contribution in [0.25, 0.3) is 0 Å². The average Bonchev–Trinajstić information content (AvgIpc) is 3.06. The summed E-state index contributed by atoms with van der Waals surface area (Å²) in [6.07, 6.45) is 2.88. The van der Waals surface area contributed by atoms with Gasteiger partial charge in [0.05, 0.1) is 12.5 Å². The van der Waals surface area contributed by atoms with Crippen LogP contribution in [0.4, 0.5) is 4.79 Å². The van der Waals surface area contributed by atoms with Crippen LogP contribution in [-0.2, 0) is 19.1 Å². The van der Waals surface area contributed by atoms with Gasteiger partial charge in [-0.3, -0.25) is 9.59 Å². The van der Waals surface area contributed by atoms with Crippen LogP contribution in [0.5, 0.6) is 0 Å². The first-order chi connectivity index (χ1) is 10.1. The SMILES string of the molecule is O=C1OCCN1C(=O)[C@@H]1C[C@H]2O[C@@]13CCCCCN3C2=O. The van der Waals surface area contributed by atoms with Gasteiger partial charge in [-0.15, -0.1) is 0 Å². The zero-order valence-corrected chi connectivity index (χ0v) is 11.7. The van der Waals surface area contributed by atoms with Gasteiger partial charge >= 0.3 is 6.09 Å². The molecule has 2 bridgehead atoms. The van der Waals surface area contributed by atoms with Gasteiger partial charge in [0.1, 0.15) is 12.7 Å². The molecule has 7 nitrogen and oxygen atoms in total. The molecule has 1 spiro atoms. The summed E-state index contributed by atoms with van der Waals surface area (Å²) in [5.74, 6) is -0.687. The largest absolute Gasteiger partial charge is 0.447 e. The van der Waals surface area contributed by atoms with Crippen molar-refractivity contribution in [2.45, 2.75) is 43.9 Å². The van der Waals surface area contributed by atoms with Crippen LogP contribution >= 0.6 is 0 Å². The molecular formula is C14H18N2O5. The molecule has 114 valence electrons. The molecule has 0 saturated carbocycles. The van der Waals surface area contributed by atoms with Crippen LogP contribution in [0, 0.1) is 5.92 Å². The molecule has 4 rings (SSSR count). The molecular weight excluding hydrogens is 276 g/mol. The molecule has 0 aromatic heterocycles. The number of fused-ring (bicyclic) bond motifs is 1. The van der Waals surface area contributed by atoms with E-state index in [9.17, 15) is 14.4 Å². The van der Waals surface area contributed by atoms with Crippen molar-refractivity contribution in [2.24, 2.45) is 5.92 Å². The lowest BCUT2D eigenvalue weighted by Crippen LogP contribution is -2.57. The van der Waals surface area contributed by atoms with Crippen molar-refractivity contribution in [1.82, 2.24) is 9.80 Å². The zero-order valence-electron chi connectivity index (χ0n) is 11.7. The van der Waals surface area contributed by atoms with Crippen molar-refractivity contribution in [3.8, 4) is 0 Å². The minimum Gasteiger partial charge on any atom is -0.447 e. The molecule has 3 atom stereocenters.